The maximum atomic E-state index is 13.1. The summed E-state index contributed by atoms with van der Waals surface area (Å²) >= 11 is 0. The molecule has 92 valence electrons. The fourth-order valence-electron chi connectivity index (χ4n) is 2.24. The molecule has 1 aliphatic heterocycles. The van der Waals surface area contributed by atoms with Crippen molar-refractivity contribution in [3.05, 3.63) is 53.1 Å². The summed E-state index contributed by atoms with van der Waals surface area (Å²) in [7, 11) is 0. The van der Waals surface area contributed by atoms with Gasteiger partial charge in [0.15, 0.2) is 0 Å². The molecule has 0 radical (unpaired) electrons. The smallest absolute Gasteiger partial charge is 0.225 e. The molecule has 0 saturated heterocycles. The molecule has 0 bridgehead atoms. The Balaban J connectivity index is 1.86. The van der Waals surface area contributed by atoms with Crippen LogP contribution in [0.25, 0.3) is 0 Å². The van der Waals surface area contributed by atoms with Crippen molar-refractivity contribution in [1.82, 2.24) is 9.97 Å². The summed E-state index contributed by atoms with van der Waals surface area (Å²) in [4.78, 5) is 10.8. The zero-order valence-electron chi connectivity index (χ0n) is 10.2. The predicted octanol–water partition coefficient (Wildman–Crippen LogP) is 2.49. The lowest BCUT2D eigenvalue weighted by atomic mass is 10.00. The van der Waals surface area contributed by atoms with E-state index < -0.39 is 0 Å². The third kappa shape index (κ3) is 2.06. The van der Waals surface area contributed by atoms with Gasteiger partial charge in [-0.3, -0.25) is 0 Å². The van der Waals surface area contributed by atoms with Crippen LogP contribution < -0.4 is 4.90 Å². The monoisotopic (exact) mass is 243 g/mol. The Labute approximate surface area is 105 Å². The van der Waals surface area contributed by atoms with Crippen molar-refractivity contribution in [1.29, 1.82) is 0 Å². The van der Waals surface area contributed by atoms with E-state index in [2.05, 4.69) is 14.9 Å². The standard InChI is InChI=1S/C14H14FN3/c1-10-7-16-14(17-8-10)18-5-4-11-6-13(15)3-2-12(11)9-18/h2-3,6-8H,4-5,9H2,1H3. The van der Waals surface area contributed by atoms with E-state index in [1.54, 1.807) is 6.07 Å². The van der Waals surface area contributed by atoms with E-state index in [-0.39, 0.29) is 5.82 Å². The highest BCUT2D eigenvalue weighted by Gasteiger charge is 2.18. The van der Waals surface area contributed by atoms with E-state index in [0.29, 0.717) is 0 Å². The van der Waals surface area contributed by atoms with Crippen LogP contribution >= 0.6 is 0 Å². The van der Waals surface area contributed by atoms with Crippen LogP contribution in [-0.2, 0) is 13.0 Å². The third-order valence-corrected chi connectivity index (χ3v) is 3.23. The minimum absolute atomic E-state index is 0.159. The summed E-state index contributed by atoms with van der Waals surface area (Å²) in [5.41, 5.74) is 3.31. The first kappa shape index (κ1) is 11.1. The molecular formula is C14H14FN3. The van der Waals surface area contributed by atoms with Crippen molar-refractivity contribution < 1.29 is 4.39 Å². The number of halogens is 1. The van der Waals surface area contributed by atoms with Crippen molar-refractivity contribution in [3.63, 3.8) is 0 Å². The van der Waals surface area contributed by atoms with Gasteiger partial charge in [-0.05, 0) is 42.2 Å². The lowest BCUT2D eigenvalue weighted by Gasteiger charge is -2.28. The molecule has 0 atom stereocenters. The van der Waals surface area contributed by atoms with Gasteiger partial charge in [0.05, 0.1) is 0 Å². The Morgan fingerprint density at radius 1 is 1.17 bits per heavy atom. The summed E-state index contributed by atoms with van der Waals surface area (Å²) in [5.74, 6) is 0.587. The number of benzene rings is 1. The van der Waals surface area contributed by atoms with Crippen molar-refractivity contribution in [3.8, 4) is 0 Å². The number of rotatable bonds is 1. The SMILES string of the molecule is Cc1cnc(N2CCc3cc(F)ccc3C2)nc1. The normalized spacial score (nSPS) is 14.4. The zero-order valence-corrected chi connectivity index (χ0v) is 10.2. The van der Waals surface area contributed by atoms with Crippen LogP contribution in [0.5, 0.6) is 0 Å². The number of anilines is 1. The van der Waals surface area contributed by atoms with Crippen molar-refractivity contribution in [2.45, 2.75) is 19.9 Å². The van der Waals surface area contributed by atoms with Crippen molar-refractivity contribution >= 4 is 5.95 Å². The maximum Gasteiger partial charge on any atom is 0.225 e. The molecular weight excluding hydrogens is 229 g/mol. The molecule has 4 heteroatoms. The first-order valence-corrected chi connectivity index (χ1v) is 6.03. The van der Waals surface area contributed by atoms with Gasteiger partial charge in [0.1, 0.15) is 5.82 Å². The maximum absolute atomic E-state index is 13.1. The highest BCUT2D eigenvalue weighted by molar-refractivity contribution is 5.39. The Morgan fingerprint density at radius 3 is 2.72 bits per heavy atom. The van der Waals surface area contributed by atoms with E-state index in [1.807, 2.05) is 25.4 Å². The Bertz CT molecular complexity index is 566. The van der Waals surface area contributed by atoms with Crippen LogP contribution in [0, 0.1) is 12.7 Å². The average molecular weight is 243 g/mol. The van der Waals surface area contributed by atoms with E-state index in [4.69, 9.17) is 0 Å². The number of aryl methyl sites for hydroxylation is 1. The first-order chi connectivity index (χ1) is 8.72. The third-order valence-electron chi connectivity index (χ3n) is 3.23. The second-order valence-electron chi connectivity index (χ2n) is 4.65. The summed E-state index contributed by atoms with van der Waals surface area (Å²) in [5, 5.41) is 0. The van der Waals surface area contributed by atoms with Gasteiger partial charge < -0.3 is 4.90 Å². The van der Waals surface area contributed by atoms with Crippen LogP contribution in [0.2, 0.25) is 0 Å². The van der Waals surface area contributed by atoms with Gasteiger partial charge in [0.25, 0.3) is 0 Å². The number of hydrogen-bond acceptors (Lipinski definition) is 3. The van der Waals surface area contributed by atoms with Gasteiger partial charge in [-0.15, -0.1) is 0 Å². The second kappa shape index (κ2) is 4.37. The van der Waals surface area contributed by atoms with Gasteiger partial charge in [0, 0.05) is 25.5 Å². The number of fused-ring (bicyclic) bond motifs is 1. The molecule has 0 spiro atoms. The number of hydrogen-bond donors (Lipinski definition) is 0. The molecule has 2 heterocycles. The topological polar surface area (TPSA) is 29.0 Å². The molecule has 0 N–H and O–H groups in total. The molecule has 0 amide bonds. The van der Waals surface area contributed by atoms with Gasteiger partial charge in [-0.1, -0.05) is 6.07 Å². The molecule has 0 aliphatic carbocycles. The van der Waals surface area contributed by atoms with E-state index >= 15 is 0 Å². The summed E-state index contributed by atoms with van der Waals surface area (Å²) in [6.45, 7) is 3.55. The van der Waals surface area contributed by atoms with Crippen molar-refractivity contribution in [2.24, 2.45) is 0 Å². The Hall–Kier alpha value is -1.97. The highest BCUT2D eigenvalue weighted by Crippen LogP contribution is 2.22. The fourth-order valence-corrected chi connectivity index (χ4v) is 2.24. The molecule has 0 fully saturated rings. The van der Waals surface area contributed by atoms with Gasteiger partial charge >= 0.3 is 0 Å². The van der Waals surface area contributed by atoms with Crippen LogP contribution in [-0.4, -0.2) is 16.5 Å². The fraction of sp³-hybridized carbons (Fsp3) is 0.286. The zero-order chi connectivity index (χ0) is 12.5. The van der Waals surface area contributed by atoms with E-state index in [9.17, 15) is 4.39 Å². The van der Waals surface area contributed by atoms with E-state index in [0.717, 1.165) is 42.1 Å². The molecule has 18 heavy (non-hydrogen) atoms. The second-order valence-corrected chi connectivity index (χ2v) is 4.65. The Kier molecular flexibility index (Phi) is 2.70. The Morgan fingerprint density at radius 2 is 1.94 bits per heavy atom. The number of aromatic nitrogens is 2. The van der Waals surface area contributed by atoms with Crippen LogP contribution in [0.4, 0.5) is 10.3 Å². The van der Waals surface area contributed by atoms with Crippen molar-refractivity contribution in [2.75, 3.05) is 11.4 Å². The molecule has 3 rings (SSSR count). The minimum atomic E-state index is -0.159. The number of nitrogens with zero attached hydrogens (tertiary/aromatic N) is 3. The molecule has 1 aromatic heterocycles. The van der Waals surface area contributed by atoms with Gasteiger partial charge in [-0.2, -0.15) is 0 Å². The molecule has 0 unspecified atom stereocenters. The first-order valence-electron chi connectivity index (χ1n) is 6.03. The largest absolute Gasteiger partial charge is 0.336 e. The minimum Gasteiger partial charge on any atom is -0.336 e. The molecule has 2 aromatic rings. The summed E-state index contributed by atoms with van der Waals surface area (Å²) < 4.78 is 13.1. The van der Waals surface area contributed by atoms with Crippen LogP contribution in [0.1, 0.15) is 16.7 Å². The highest BCUT2D eigenvalue weighted by atomic mass is 19.1. The average Bonchev–Trinajstić information content (AvgIpc) is 2.39. The summed E-state index contributed by atoms with van der Waals surface area (Å²) in [6.07, 6.45) is 4.48. The van der Waals surface area contributed by atoms with Crippen LogP contribution in [0.15, 0.2) is 30.6 Å². The molecule has 3 nitrogen and oxygen atoms in total. The van der Waals surface area contributed by atoms with E-state index in [1.165, 1.54) is 6.07 Å². The lowest BCUT2D eigenvalue weighted by Crippen LogP contribution is -2.31. The van der Waals surface area contributed by atoms with Gasteiger partial charge in [0.2, 0.25) is 5.95 Å². The molecule has 1 aromatic carbocycles. The molecule has 1 aliphatic rings. The molecule has 0 saturated carbocycles. The predicted molar refractivity (Wildman–Crippen MR) is 67.9 cm³/mol. The van der Waals surface area contributed by atoms with Crippen LogP contribution in [0.3, 0.4) is 0 Å². The summed E-state index contributed by atoms with van der Waals surface area (Å²) in [6, 6.07) is 4.99. The van der Waals surface area contributed by atoms with Gasteiger partial charge in [-0.25, -0.2) is 14.4 Å². The quantitative estimate of drug-likeness (QED) is 0.770. The lowest BCUT2D eigenvalue weighted by molar-refractivity contribution is 0.618.